The Morgan fingerprint density at radius 3 is 1.36 bits per heavy atom. The number of hydrogen-bond donors (Lipinski definition) is 2. The van der Waals surface area contributed by atoms with Crippen molar-refractivity contribution in [3.63, 3.8) is 0 Å². The summed E-state index contributed by atoms with van der Waals surface area (Å²) in [6.45, 7) is 4.59. The number of aromatic carboxylic acids is 1. The van der Waals surface area contributed by atoms with Gasteiger partial charge in [0.25, 0.3) is 0 Å². The van der Waals surface area contributed by atoms with E-state index in [0.717, 1.165) is 51.8 Å². The summed E-state index contributed by atoms with van der Waals surface area (Å²) in [4.78, 5) is 22.0. The fraction of sp³-hybridized carbons (Fsp3) is 0.407. The highest BCUT2D eigenvalue weighted by Crippen LogP contribution is 2.62. The zero-order valence-electron chi connectivity index (χ0n) is 34.1. The number of aryl methyl sites for hydroxylation is 2. The van der Waals surface area contributed by atoms with Crippen molar-refractivity contribution >= 4 is 28.8 Å². The van der Waals surface area contributed by atoms with Gasteiger partial charge in [0.2, 0.25) is 0 Å². The Balaban J connectivity index is 0.000000141. The Hall–Kier alpha value is -4.96. The molecule has 296 valence electrons. The number of carbonyl (C=O) groups is 2. The second-order valence-corrected chi connectivity index (χ2v) is 19.8. The minimum absolute atomic E-state index is 0.342. The lowest BCUT2D eigenvalue weighted by Crippen LogP contribution is -2.48. The first-order valence-corrected chi connectivity index (χ1v) is 22.0. The van der Waals surface area contributed by atoms with Crippen molar-refractivity contribution < 1.29 is 19.8 Å². The topological polar surface area (TPSA) is 74.6 Å². The molecule has 0 heterocycles. The van der Waals surface area contributed by atoms with Gasteiger partial charge in [-0.2, -0.15) is 0 Å². The molecule has 2 N–H and O–H groups in total. The maximum Gasteiger partial charge on any atom is 0.335 e. The van der Waals surface area contributed by atoms with Gasteiger partial charge in [-0.05, 0) is 222 Å². The van der Waals surface area contributed by atoms with Gasteiger partial charge >= 0.3 is 11.9 Å². The molecule has 58 heavy (non-hydrogen) atoms. The standard InChI is InChI=1S/C28H28O2.C26H28O2/c1-17-2-3-24(22-4-5-23-12-25(27(29)30)7-6-21(23)11-22)13-26(17)28-14-18-8-19(15-28)10-20(9-18)16-28;1-17-2-6-23(22-7-3-18(4-8-22)5-9-25(27)28)13-24(17)26-14-19-10-20(15-26)12-21(11-19)16-26/h2-7,11-13,18-20H,8-10,14-16H2,1H3,(H,29,30);2-9,13,19-21H,10-12,14-16H2,1H3,(H,27,28)/b;9-5+. The molecule has 4 heteroatoms. The van der Waals surface area contributed by atoms with E-state index in [-0.39, 0.29) is 0 Å². The molecule has 8 saturated carbocycles. The molecule has 0 aliphatic heterocycles. The fourth-order valence-corrected chi connectivity index (χ4v) is 14.1. The molecule has 0 saturated heterocycles. The van der Waals surface area contributed by atoms with Gasteiger partial charge in [-0.3, -0.25) is 0 Å². The molecule has 0 aromatic heterocycles. The molecule has 0 unspecified atom stereocenters. The second kappa shape index (κ2) is 14.4. The molecule has 8 aliphatic carbocycles. The van der Waals surface area contributed by atoms with Gasteiger partial charge in [0.1, 0.15) is 0 Å². The molecule has 4 nitrogen and oxygen atoms in total. The van der Waals surface area contributed by atoms with Crippen LogP contribution in [0.1, 0.15) is 115 Å². The number of carboxylic acids is 2. The van der Waals surface area contributed by atoms with E-state index in [4.69, 9.17) is 5.11 Å². The summed E-state index contributed by atoms with van der Waals surface area (Å²) in [6, 6.07) is 34.1. The van der Waals surface area contributed by atoms with E-state index >= 15 is 0 Å². The summed E-state index contributed by atoms with van der Waals surface area (Å²) in [6.07, 6.45) is 20.0. The Bertz CT molecular complexity index is 2380. The van der Waals surface area contributed by atoms with E-state index in [2.05, 4.69) is 80.6 Å². The van der Waals surface area contributed by atoms with Crippen molar-refractivity contribution in [3.05, 3.63) is 137 Å². The Morgan fingerprint density at radius 2 is 0.897 bits per heavy atom. The van der Waals surface area contributed by atoms with Gasteiger partial charge in [0.15, 0.2) is 0 Å². The predicted molar refractivity (Wildman–Crippen MR) is 234 cm³/mol. The zero-order valence-corrected chi connectivity index (χ0v) is 34.1. The first-order valence-electron chi connectivity index (χ1n) is 22.0. The number of benzene rings is 5. The maximum absolute atomic E-state index is 11.3. The van der Waals surface area contributed by atoms with Crippen LogP contribution in [0, 0.1) is 49.4 Å². The van der Waals surface area contributed by atoms with Gasteiger partial charge < -0.3 is 10.2 Å². The number of fused-ring (bicyclic) bond motifs is 1. The number of aliphatic carboxylic acids is 1. The fourth-order valence-electron chi connectivity index (χ4n) is 14.1. The quantitative estimate of drug-likeness (QED) is 0.162. The van der Waals surface area contributed by atoms with E-state index in [0.29, 0.717) is 16.4 Å². The van der Waals surface area contributed by atoms with Crippen molar-refractivity contribution in [1.82, 2.24) is 0 Å². The smallest absolute Gasteiger partial charge is 0.335 e. The lowest BCUT2D eigenvalue weighted by Gasteiger charge is -2.57. The molecule has 0 atom stereocenters. The van der Waals surface area contributed by atoms with Crippen LogP contribution in [0.25, 0.3) is 39.1 Å². The lowest BCUT2D eigenvalue weighted by atomic mass is 9.47. The van der Waals surface area contributed by atoms with Crippen LogP contribution in [-0.4, -0.2) is 22.2 Å². The molecule has 8 aliphatic rings. The second-order valence-electron chi connectivity index (χ2n) is 19.8. The first kappa shape index (κ1) is 37.3. The van der Waals surface area contributed by atoms with Crippen LogP contribution in [0.3, 0.4) is 0 Å². The van der Waals surface area contributed by atoms with Crippen LogP contribution in [0.15, 0.2) is 103 Å². The van der Waals surface area contributed by atoms with E-state index in [1.54, 1.807) is 29.3 Å². The average Bonchev–Trinajstić information content (AvgIpc) is 3.19. The van der Waals surface area contributed by atoms with Crippen molar-refractivity contribution in [1.29, 1.82) is 0 Å². The van der Waals surface area contributed by atoms with Gasteiger partial charge in [0.05, 0.1) is 5.56 Å². The van der Waals surface area contributed by atoms with Crippen LogP contribution in [0.2, 0.25) is 0 Å². The molecule has 0 spiro atoms. The molecule has 0 radical (unpaired) electrons. The normalized spacial score (nSPS) is 30.1. The zero-order chi connectivity index (χ0) is 39.8. The number of carboxylic acid groups (broad SMARTS) is 2. The molecule has 8 fully saturated rings. The maximum atomic E-state index is 11.3. The van der Waals surface area contributed by atoms with Crippen molar-refractivity contribution in [2.24, 2.45) is 35.5 Å². The Kier molecular flexibility index (Phi) is 9.26. The highest BCUT2D eigenvalue weighted by molar-refractivity contribution is 5.95. The molecule has 5 aromatic carbocycles. The lowest BCUT2D eigenvalue weighted by molar-refractivity contribution is -0.131. The number of rotatable bonds is 7. The third kappa shape index (κ3) is 6.91. The third-order valence-electron chi connectivity index (χ3n) is 15.8. The molecular formula is C54H56O4. The minimum atomic E-state index is -0.914. The largest absolute Gasteiger partial charge is 0.478 e. The average molecular weight is 769 g/mol. The van der Waals surface area contributed by atoms with Crippen LogP contribution < -0.4 is 0 Å². The van der Waals surface area contributed by atoms with E-state index in [9.17, 15) is 14.7 Å². The Labute approximate surface area is 343 Å². The summed E-state index contributed by atoms with van der Waals surface area (Å²) < 4.78 is 0. The molecule has 8 bridgehead atoms. The van der Waals surface area contributed by atoms with Crippen LogP contribution in [-0.2, 0) is 15.6 Å². The SMILES string of the molecule is Cc1ccc(-c2ccc(/C=C/C(=O)O)cc2)cc1C12CC3CC(CC(C3)C1)C2.Cc1ccc(-c2ccc3cc(C(=O)O)ccc3c2)cc1C12CC3CC(CC(C3)C1)C2. The highest BCUT2D eigenvalue weighted by atomic mass is 16.4. The minimum Gasteiger partial charge on any atom is -0.478 e. The molecular weight excluding hydrogens is 713 g/mol. The Morgan fingerprint density at radius 1 is 0.500 bits per heavy atom. The molecule has 13 rings (SSSR count). The van der Waals surface area contributed by atoms with Crippen LogP contribution in [0.5, 0.6) is 0 Å². The van der Waals surface area contributed by atoms with Gasteiger partial charge in [-0.15, -0.1) is 0 Å². The predicted octanol–water partition coefficient (Wildman–Crippen LogP) is 13.2. The summed E-state index contributed by atoms with van der Waals surface area (Å²) in [7, 11) is 0. The summed E-state index contributed by atoms with van der Waals surface area (Å²) in [5.74, 6) is 3.91. The van der Waals surface area contributed by atoms with Gasteiger partial charge in [-0.25, -0.2) is 9.59 Å². The van der Waals surface area contributed by atoms with E-state index < -0.39 is 11.9 Å². The van der Waals surface area contributed by atoms with Gasteiger partial charge in [0, 0.05) is 6.08 Å². The summed E-state index contributed by atoms with van der Waals surface area (Å²) in [5.41, 5.74) is 13.2. The highest BCUT2D eigenvalue weighted by Gasteiger charge is 2.53. The molecule has 0 amide bonds. The van der Waals surface area contributed by atoms with Crippen molar-refractivity contribution in [2.75, 3.05) is 0 Å². The van der Waals surface area contributed by atoms with Crippen LogP contribution in [0.4, 0.5) is 0 Å². The van der Waals surface area contributed by atoms with Crippen molar-refractivity contribution in [3.8, 4) is 22.3 Å². The summed E-state index contributed by atoms with van der Waals surface area (Å²) >= 11 is 0. The first-order chi connectivity index (χ1) is 28.0. The monoisotopic (exact) mass is 768 g/mol. The van der Waals surface area contributed by atoms with Crippen molar-refractivity contribution in [2.45, 2.75) is 102 Å². The molecule has 5 aromatic rings. The van der Waals surface area contributed by atoms with Gasteiger partial charge in [-0.1, -0.05) is 78.9 Å². The third-order valence-corrected chi connectivity index (χ3v) is 15.8. The summed E-state index contributed by atoms with van der Waals surface area (Å²) in [5, 5.41) is 20.1. The van der Waals surface area contributed by atoms with E-state index in [1.165, 1.54) is 117 Å². The van der Waals surface area contributed by atoms with Crippen LogP contribution >= 0.6 is 0 Å². The number of hydrogen-bond acceptors (Lipinski definition) is 2. The van der Waals surface area contributed by atoms with E-state index in [1.807, 2.05) is 18.2 Å².